The number of nitrogens with zero attached hydrogens (tertiary/aromatic N) is 1. The standard InChI is InChI=1S/C18H19FN2O3/c19-13-1-2-14-15(6-13)24-21-16(14)20-17(22)23-18-7-10-3-11(8-18)5-12(4-10)9-18/h1-2,6,10-12H,3-5,7-9H2,(H,20,21,22). The topological polar surface area (TPSA) is 64.4 Å². The molecule has 4 bridgehead atoms. The molecule has 0 unspecified atom stereocenters. The maximum Gasteiger partial charge on any atom is 0.413 e. The van der Waals surface area contributed by atoms with Crippen LogP contribution in [0.1, 0.15) is 38.5 Å². The molecule has 1 heterocycles. The van der Waals surface area contributed by atoms with Crippen molar-refractivity contribution in [1.82, 2.24) is 5.16 Å². The van der Waals surface area contributed by atoms with Gasteiger partial charge < -0.3 is 9.26 Å². The molecular formula is C18H19FN2O3. The number of anilines is 1. The molecule has 1 aromatic heterocycles. The number of ether oxygens (including phenoxy) is 1. The molecule has 1 aromatic carbocycles. The number of rotatable bonds is 2. The number of carbonyl (C=O) groups excluding carboxylic acids is 1. The minimum absolute atomic E-state index is 0.278. The molecule has 1 amide bonds. The van der Waals surface area contributed by atoms with Crippen molar-refractivity contribution < 1.29 is 18.4 Å². The molecule has 126 valence electrons. The van der Waals surface area contributed by atoms with Crippen LogP contribution in [0.3, 0.4) is 0 Å². The number of nitrogens with one attached hydrogen (secondary N) is 1. The van der Waals surface area contributed by atoms with Crippen LogP contribution in [0.15, 0.2) is 22.7 Å². The average Bonchev–Trinajstić information content (AvgIpc) is 2.87. The Kier molecular flexibility index (Phi) is 2.94. The van der Waals surface area contributed by atoms with Crippen molar-refractivity contribution in [2.45, 2.75) is 44.1 Å². The molecule has 4 aliphatic carbocycles. The Balaban J connectivity index is 1.34. The highest BCUT2D eigenvalue weighted by Crippen LogP contribution is 2.57. The van der Waals surface area contributed by atoms with Crippen LogP contribution in [0.2, 0.25) is 0 Å². The van der Waals surface area contributed by atoms with E-state index in [4.69, 9.17) is 9.26 Å². The smallest absolute Gasteiger partial charge is 0.413 e. The van der Waals surface area contributed by atoms with E-state index in [0.717, 1.165) is 19.3 Å². The van der Waals surface area contributed by atoms with Crippen molar-refractivity contribution >= 4 is 22.9 Å². The van der Waals surface area contributed by atoms with E-state index in [0.29, 0.717) is 28.7 Å². The van der Waals surface area contributed by atoms with Crippen LogP contribution >= 0.6 is 0 Å². The van der Waals surface area contributed by atoms with Crippen molar-refractivity contribution in [3.05, 3.63) is 24.0 Å². The molecule has 6 rings (SSSR count). The molecule has 5 nitrogen and oxygen atoms in total. The largest absolute Gasteiger partial charge is 0.443 e. The highest BCUT2D eigenvalue weighted by atomic mass is 19.1. The fourth-order valence-corrected chi connectivity index (χ4v) is 5.48. The molecule has 0 spiro atoms. The summed E-state index contributed by atoms with van der Waals surface area (Å²) < 4.78 is 24.2. The van der Waals surface area contributed by atoms with Crippen LogP contribution in [-0.2, 0) is 4.74 Å². The maximum absolute atomic E-state index is 13.2. The second-order valence-corrected chi connectivity index (χ2v) is 7.79. The molecule has 1 N–H and O–H groups in total. The van der Waals surface area contributed by atoms with Gasteiger partial charge in [-0.2, -0.15) is 0 Å². The monoisotopic (exact) mass is 330 g/mol. The van der Waals surface area contributed by atoms with Gasteiger partial charge in [-0.15, -0.1) is 0 Å². The van der Waals surface area contributed by atoms with Gasteiger partial charge in [0.25, 0.3) is 0 Å². The van der Waals surface area contributed by atoms with Crippen molar-refractivity contribution in [1.29, 1.82) is 0 Å². The lowest BCUT2D eigenvalue weighted by Crippen LogP contribution is -2.53. The molecule has 4 fully saturated rings. The van der Waals surface area contributed by atoms with E-state index in [1.165, 1.54) is 31.4 Å². The number of fused-ring (bicyclic) bond motifs is 1. The van der Waals surface area contributed by atoms with Crippen molar-refractivity contribution in [2.75, 3.05) is 5.32 Å². The van der Waals surface area contributed by atoms with Gasteiger partial charge in [0.2, 0.25) is 0 Å². The Morgan fingerprint density at radius 1 is 1.21 bits per heavy atom. The summed E-state index contributed by atoms with van der Waals surface area (Å²) >= 11 is 0. The summed E-state index contributed by atoms with van der Waals surface area (Å²) in [5, 5.41) is 7.06. The predicted octanol–water partition coefficient (Wildman–Crippen LogP) is 4.48. The summed E-state index contributed by atoms with van der Waals surface area (Å²) in [5.41, 5.74) is 0.00454. The fraction of sp³-hybridized carbons (Fsp3) is 0.556. The molecule has 6 heteroatoms. The highest BCUT2D eigenvalue weighted by Gasteiger charge is 2.53. The molecule has 4 aliphatic rings. The van der Waals surface area contributed by atoms with Crippen LogP contribution in [0, 0.1) is 23.6 Å². The number of carbonyl (C=O) groups is 1. The number of hydrogen-bond acceptors (Lipinski definition) is 4. The SMILES string of the molecule is O=C(Nc1noc2cc(F)ccc12)OC12CC3CC(CC(C3)C1)C2. The van der Waals surface area contributed by atoms with Crippen LogP contribution in [-0.4, -0.2) is 16.9 Å². The van der Waals surface area contributed by atoms with E-state index >= 15 is 0 Å². The second kappa shape index (κ2) is 4.94. The summed E-state index contributed by atoms with van der Waals surface area (Å²) in [5.74, 6) is 2.00. The zero-order chi connectivity index (χ0) is 16.3. The van der Waals surface area contributed by atoms with Crippen LogP contribution < -0.4 is 5.32 Å². The third-order valence-electron chi connectivity index (χ3n) is 5.95. The minimum atomic E-state index is -0.489. The molecule has 0 aliphatic heterocycles. The third-order valence-corrected chi connectivity index (χ3v) is 5.95. The zero-order valence-electron chi connectivity index (χ0n) is 13.3. The van der Waals surface area contributed by atoms with Gasteiger partial charge in [-0.05, 0) is 68.4 Å². The zero-order valence-corrected chi connectivity index (χ0v) is 13.3. The van der Waals surface area contributed by atoms with Gasteiger partial charge in [0.05, 0.1) is 5.39 Å². The summed E-state index contributed by atoms with van der Waals surface area (Å²) in [4.78, 5) is 12.4. The summed E-state index contributed by atoms with van der Waals surface area (Å²) in [6.07, 6.45) is 6.35. The van der Waals surface area contributed by atoms with Crippen molar-refractivity contribution in [3.63, 3.8) is 0 Å². The first-order valence-electron chi connectivity index (χ1n) is 8.63. The molecule has 0 radical (unpaired) electrons. The number of benzene rings is 1. The van der Waals surface area contributed by atoms with Gasteiger partial charge in [0.15, 0.2) is 11.4 Å². The number of amides is 1. The average molecular weight is 330 g/mol. The number of aromatic nitrogens is 1. The molecule has 0 saturated heterocycles. The Labute approximate surface area is 138 Å². The fourth-order valence-electron chi connectivity index (χ4n) is 5.48. The van der Waals surface area contributed by atoms with Gasteiger partial charge in [-0.25, -0.2) is 9.18 Å². The quantitative estimate of drug-likeness (QED) is 0.881. The number of hydrogen-bond donors (Lipinski definition) is 1. The second-order valence-electron chi connectivity index (χ2n) is 7.79. The Bertz CT molecular complexity index is 780. The van der Waals surface area contributed by atoms with Crippen molar-refractivity contribution in [3.8, 4) is 0 Å². The van der Waals surface area contributed by atoms with Gasteiger partial charge in [-0.3, -0.25) is 5.32 Å². The van der Waals surface area contributed by atoms with Gasteiger partial charge >= 0.3 is 6.09 Å². The van der Waals surface area contributed by atoms with Gasteiger partial charge in [-0.1, -0.05) is 5.16 Å². The highest BCUT2D eigenvalue weighted by molar-refractivity contribution is 5.96. The maximum atomic E-state index is 13.2. The van der Waals surface area contributed by atoms with Crippen LogP contribution in [0.25, 0.3) is 11.0 Å². The Morgan fingerprint density at radius 3 is 2.54 bits per heavy atom. The molecule has 0 atom stereocenters. The minimum Gasteiger partial charge on any atom is -0.443 e. The van der Waals surface area contributed by atoms with E-state index in [1.54, 1.807) is 6.07 Å². The lowest BCUT2D eigenvalue weighted by Gasteiger charge is -2.55. The first-order chi connectivity index (χ1) is 11.6. The Morgan fingerprint density at radius 2 is 1.88 bits per heavy atom. The van der Waals surface area contributed by atoms with E-state index in [-0.39, 0.29) is 11.4 Å². The molecule has 2 aromatic rings. The van der Waals surface area contributed by atoms with E-state index in [9.17, 15) is 9.18 Å². The van der Waals surface area contributed by atoms with E-state index < -0.39 is 11.9 Å². The summed E-state index contributed by atoms with van der Waals surface area (Å²) in [6.45, 7) is 0. The van der Waals surface area contributed by atoms with Crippen LogP contribution in [0.5, 0.6) is 0 Å². The summed E-state index contributed by atoms with van der Waals surface area (Å²) in [6, 6.07) is 4.11. The summed E-state index contributed by atoms with van der Waals surface area (Å²) in [7, 11) is 0. The number of halogens is 1. The van der Waals surface area contributed by atoms with Gasteiger partial charge in [0.1, 0.15) is 11.4 Å². The predicted molar refractivity (Wildman–Crippen MR) is 85.0 cm³/mol. The Hall–Kier alpha value is -2.11. The lowest BCUT2D eigenvalue weighted by atomic mass is 9.54. The molecule has 4 saturated carbocycles. The first kappa shape index (κ1) is 14.3. The lowest BCUT2D eigenvalue weighted by molar-refractivity contribution is -0.124. The van der Waals surface area contributed by atoms with E-state index in [1.807, 2.05) is 0 Å². The van der Waals surface area contributed by atoms with Gasteiger partial charge in [0, 0.05) is 6.07 Å². The molecule has 24 heavy (non-hydrogen) atoms. The first-order valence-corrected chi connectivity index (χ1v) is 8.63. The third kappa shape index (κ3) is 2.27. The molecular weight excluding hydrogens is 311 g/mol. The van der Waals surface area contributed by atoms with E-state index in [2.05, 4.69) is 10.5 Å². The van der Waals surface area contributed by atoms with Crippen LogP contribution in [0.4, 0.5) is 15.0 Å². The van der Waals surface area contributed by atoms with Crippen molar-refractivity contribution in [2.24, 2.45) is 17.8 Å². The normalized spacial score (nSPS) is 33.8.